The molecule has 2 nitrogen and oxygen atoms in total. The third-order valence-corrected chi connectivity index (χ3v) is 10.5. The molecule has 0 aromatic heterocycles. The molecule has 274 valence electrons. The predicted molar refractivity (Wildman–Crippen MR) is 211 cm³/mol. The molecule has 0 amide bonds. The zero-order valence-corrected chi connectivity index (χ0v) is 32.5. The Hall–Kier alpha value is -1.15. The third kappa shape index (κ3) is 30.6. The van der Waals surface area contributed by atoms with Crippen molar-refractivity contribution in [2.75, 3.05) is 13.1 Å². The Labute approximate surface area is 296 Å². The van der Waals surface area contributed by atoms with Crippen molar-refractivity contribution in [2.24, 2.45) is 11.8 Å². The molecule has 0 aromatic rings. The summed E-state index contributed by atoms with van der Waals surface area (Å²) in [6, 6.07) is 0.757. The van der Waals surface area contributed by atoms with Gasteiger partial charge in [-0.05, 0) is 83.1 Å². The number of hydrogen-bond donors (Lipinski definition) is 0. The van der Waals surface area contributed by atoms with Crippen LogP contribution in [-0.4, -0.2) is 29.8 Å². The van der Waals surface area contributed by atoms with Crippen LogP contribution in [0.5, 0.6) is 0 Å². The Kier molecular flexibility index (Phi) is 31.1. The first kappa shape index (κ1) is 43.9. The number of carbonyl (C=O) groups is 1. The van der Waals surface area contributed by atoms with Crippen molar-refractivity contribution in [2.45, 2.75) is 220 Å². The SMILES string of the molecule is CCCCC/C=C\C/C=C\CCCCCCCCC(CCCCCCCC/C=C\CC(C)CCCCC)CC(=O)CCCN1CC1C. The molecule has 0 bridgehead atoms. The normalized spacial score (nSPS) is 17.8. The molecular weight excluding hydrogens is 571 g/mol. The highest BCUT2D eigenvalue weighted by Crippen LogP contribution is 2.24. The minimum absolute atomic E-state index is 0.535. The van der Waals surface area contributed by atoms with E-state index in [0.717, 1.165) is 44.2 Å². The molecule has 0 aliphatic carbocycles. The second-order valence-corrected chi connectivity index (χ2v) is 15.4. The van der Waals surface area contributed by atoms with Crippen molar-refractivity contribution in [3.05, 3.63) is 36.5 Å². The molecule has 4 unspecified atom stereocenters. The zero-order chi connectivity index (χ0) is 34.0. The van der Waals surface area contributed by atoms with Gasteiger partial charge in [0.25, 0.3) is 0 Å². The molecular formula is C45H83NO. The second kappa shape index (κ2) is 33.4. The van der Waals surface area contributed by atoms with E-state index in [0.29, 0.717) is 11.7 Å². The first-order valence-corrected chi connectivity index (χ1v) is 21.3. The fourth-order valence-corrected chi connectivity index (χ4v) is 6.99. The summed E-state index contributed by atoms with van der Waals surface area (Å²) in [5, 5.41) is 0. The van der Waals surface area contributed by atoms with Crippen molar-refractivity contribution < 1.29 is 4.79 Å². The molecule has 0 saturated carbocycles. The predicted octanol–water partition coefficient (Wildman–Crippen LogP) is 14.5. The molecule has 1 fully saturated rings. The van der Waals surface area contributed by atoms with Gasteiger partial charge < -0.3 is 0 Å². The number of hydrogen-bond acceptors (Lipinski definition) is 2. The van der Waals surface area contributed by atoms with Crippen LogP contribution in [0.1, 0.15) is 214 Å². The lowest BCUT2D eigenvalue weighted by molar-refractivity contribution is -0.120. The summed E-state index contributed by atoms with van der Waals surface area (Å²) in [6.45, 7) is 11.6. The monoisotopic (exact) mass is 654 g/mol. The molecule has 1 saturated heterocycles. The smallest absolute Gasteiger partial charge is 0.133 e. The van der Waals surface area contributed by atoms with Gasteiger partial charge in [-0.2, -0.15) is 0 Å². The van der Waals surface area contributed by atoms with E-state index in [1.54, 1.807) is 0 Å². The Morgan fingerprint density at radius 3 is 1.64 bits per heavy atom. The topological polar surface area (TPSA) is 20.1 Å². The average Bonchev–Trinajstić information content (AvgIpc) is 3.77. The minimum atomic E-state index is 0.535. The molecule has 2 heteroatoms. The van der Waals surface area contributed by atoms with Crippen LogP contribution in [0.15, 0.2) is 36.5 Å². The van der Waals surface area contributed by atoms with Gasteiger partial charge in [0.05, 0.1) is 0 Å². The number of ketones is 1. The van der Waals surface area contributed by atoms with Gasteiger partial charge in [0, 0.05) is 25.4 Å². The second-order valence-electron chi connectivity index (χ2n) is 15.4. The largest absolute Gasteiger partial charge is 0.300 e. The summed E-state index contributed by atoms with van der Waals surface area (Å²) in [5.41, 5.74) is 0. The molecule has 0 N–H and O–H groups in total. The van der Waals surface area contributed by atoms with Crippen molar-refractivity contribution in [1.82, 2.24) is 4.90 Å². The summed E-state index contributed by atoms with van der Waals surface area (Å²) >= 11 is 0. The van der Waals surface area contributed by atoms with Crippen molar-refractivity contribution in [1.29, 1.82) is 0 Å². The standard InChI is InChI=1S/C45H83NO/c1-5-7-9-10-11-12-13-14-15-16-17-18-21-24-27-31-36-44(40-45(47)38-33-39-46-41-43(46)4)37-32-28-25-22-19-20-23-26-30-35-42(3)34-29-8-6-2/h11-12,14-15,26,30,42-44H,5-10,13,16-25,27-29,31-41H2,1-4H3/b12-11-,15-14-,30-26-. The zero-order valence-electron chi connectivity index (χ0n) is 32.5. The maximum absolute atomic E-state index is 12.9. The van der Waals surface area contributed by atoms with Crippen LogP contribution in [0.3, 0.4) is 0 Å². The molecule has 0 spiro atoms. The number of allylic oxidation sites excluding steroid dienone is 6. The van der Waals surface area contributed by atoms with E-state index < -0.39 is 0 Å². The van der Waals surface area contributed by atoms with Crippen LogP contribution in [-0.2, 0) is 4.79 Å². The molecule has 1 aliphatic heterocycles. The summed E-state index contributed by atoms with van der Waals surface area (Å²) in [5.74, 6) is 2.01. The first-order valence-electron chi connectivity index (χ1n) is 21.3. The summed E-state index contributed by atoms with van der Waals surface area (Å²) in [7, 11) is 0. The van der Waals surface area contributed by atoms with Crippen LogP contribution in [0.2, 0.25) is 0 Å². The highest BCUT2D eigenvalue weighted by molar-refractivity contribution is 5.78. The van der Waals surface area contributed by atoms with E-state index in [4.69, 9.17) is 0 Å². The Bertz CT molecular complexity index is 766. The lowest BCUT2D eigenvalue weighted by atomic mass is 9.89. The number of unbranched alkanes of at least 4 members (excludes halogenated alkanes) is 17. The molecule has 0 aromatic carbocycles. The lowest BCUT2D eigenvalue weighted by Gasteiger charge is -2.16. The van der Waals surface area contributed by atoms with E-state index in [2.05, 4.69) is 69.1 Å². The Morgan fingerprint density at radius 1 is 0.617 bits per heavy atom. The average molecular weight is 654 g/mol. The molecule has 47 heavy (non-hydrogen) atoms. The van der Waals surface area contributed by atoms with E-state index in [9.17, 15) is 4.79 Å². The van der Waals surface area contributed by atoms with Gasteiger partial charge in [-0.1, -0.05) is 173 Å². The van der Waals surface area contributed by atoms with Gasteiger partial charge in [0.15, 0.2) is 0 Å². The molecule has 1 heterocycles. The van der Waals surface area contributed by atoms with Crippen LogP contribution in [0.4, 0.5) is 0 Å². The highest BCUT2D eigenvalue weighted by atomic mass is 16.1. The molecule has 4 atom stereocenters. The lowest BCUT2D eigenvalue weighted by Crippen LogP contribution is -2.11. The van der Waals surface area contributed by atoms with Crippen LogP contribution < -0.4 is 0 Å². The maximum atomic E-state index is 12.9. The summed E-state index contributed by atoms with van der Waals surface area (Å²) in [6.07, 6.45) is 51.4. The van der Waals surface area contributed by atoms with Gasteiger partial charge in [0.2, 0.25) is 0 Å². The van der Waals surface area contributed by atoms with Gasteiger partial charge in [-0.15, -0.1) is 0 Å². The quantitative estimate of drug-likeness (QED) is 0.0381. The Balaban J connectivity index is 2.13. The fraction of sp³-hybridized carbons (Fsp3) is 0.844. The minimum Gasteiger partial charge on any atom is -0.300 e. The highest BCUT2D eigenvalue weighted by Gasteiger charge is 2.27. The van der Waals surface area contributed by atoms with Gasteiger partial charge in [0.1, 0.15) is 5.78 Å². The summed E-state index contributed by atoms with van der Waals surface area (Å²) in [4.78, 5) is 15.3. The van der Waals surface area contributed by atoms with Crippen LogP contribution in [0, 0.1) is 11.8 Å². The van der Waals surface area contributed by atoms with Gasteiger partial charge >= 0.3 is 0 Å². The van der Waals surface area contributed by atoms with E-state index in [1.165, 1.54) is 167 Å². The van der Waals surface area contributed by atoms with Crippen LogP contribution in [0.25, 0.3) is 0 Å². The third-order valence-electron chi connectivity index (χ3n) is 10.5. The van der Waals surface area contributed by atoms with Crippen LogP contribution >= 0.6 is 0 Å². The van der Waals surface area contributed by atoms with Gasteiger partial charge in [-0.25, -0.2) is 0 Å². The number of carbonyl (C=O) groups excluding carboxylic acids is 1. The van der Waals surface area contributed by atoms with Crippen molar-refractivity contribution in [3.8, 4) is 0 Å². The van der Waals surface area contributed by atoms with E-state index >= 15 is 0 Å². The van der Waals surface area contributed by atoms with E-state index in [-0.39, 0.29) is 0 Å². The number of nitrogens with zero attached hydrogens (tertiary/aromatic N) is 1. The van der Waals surface area contributed by atoms with E-state index in [1.807, 2.05) is 0 Å². The Morgan fingerprint density at radius 2 is 1.09 bits per heavy atom. The first-order chi connectivity index (χ1) is 23.1. The number of rotatable bonds is 36. The molecule has 1 rings (SSSR count). The fourth-order valence-electron chi connectivity index (χ4n) is 6.99. The number of Topliss-reactive ketones (excluding diaryl/α,β-unsaturated/α-hetero) is 1. The van der Waals surface area contributed by atoms with Crippen molar-refractivity contribution >= 4 is 5.78 Å². The summed E-state index contributed by atoms with van der Waals surface area (Å²) < 4.78 is 0. The molecule has 0 radical (unpaired) electrons. The van der Waals surface area contributed by atoms with Gasteiger partial charge in [-0.3, -0.25) is 9.69 Å². The van der Waals surface area contributed by atoms with Crippen molar-refractivity contribution in [3.63, 3.8) is 0 Å². The maximum Gasteiger partial charge on any atom is 0.133 e. The molecule has 1 aliphatic rings.